The second kappa shape index (κ2) is 6.03. The van der Waals surface area contributed by atoms with E-state index in [-0.39, 0.29) is 5.60 Å². The first-order chi connectivity index (χ1) is 7.38. The third-order valence-corrected chi connectivity index (χ3v) is 3.07. The lowest BCUT2D eigenvalue weighted by Crippen LogP contribution is -2.23. The molecule has 1 aromatic carbocycles. The predicted molar refractivity (Wildman–Crippen MR) is 76.0 cm³/mol. The molecule has 0 spiro atoms. The number of nitrogens with one attached hydrogen (secondary N) is 1. The minimum absolute atomic E-state index is 0.0732. The van der Waals surface area contributed by atoms with E-state index in [0.29, 0.717) is 6.61 Å². The Morgan fingerprint density at radius 3 is 2.56 bits per heavy atom. The van der Waals surface area contributed by atoms with Crippen LogP contribution in [0.3, 0.4) is 0 Å². The van der Waals surface area contributed by atoms with Crippen molar-refractivity contribution in [1.29, 1.82) is 0 Å². The lowest BCUT2D eigenvalue weighted by Gasteiger charge is -2.20. The van der Waals surface area contributed by atoms with E-state index < -0.39 is 0 Å². The molecular weight excluding hydrogens is 334 g/mol. The summed E-state index contributed by atoms with van der Waals surface area (Å²) in [6.45, 7) is 7.67. The molecule has 2 nitrogen and oxygen atoms in total. The van der Waals surface area contributed by atoms with Gasteiger partial charge in [0.2, 0.25) is 0 Å². The summed E-state index contributed by atoms with van der Waals surface area (Å²) in [6.07, 6.45) is 0. The summed E-state index contributed by atoms with van der Waals surface area (Å²) < 4.78 is 7.76. The summed E-state index contributed by atoms with van der Waals surface area (Å²) in [5.41, 5.74) is 1.00. The first-order valence-electron chi connectivity index (χ1n) is 5.21. The standard InChI is InChI=1S/C12H17Br2NO/c1-12(2,3)16-7-6-15-11-8-9(13)4-5-10(11)14/h4-5,8,15H,6-7H2,1-3H3. The second-order valence-electron chi connectivity index (χ2n) is 4.51. The topological polar surface area (TPSA) is 21.3 Å². The highest BCUT2D eigenvalue weighted by Crippen LogP contribution is 2.25. The summed E-state index contributed by atoms with van der Waals surface area (Å²) in [5, 5.41) is 3.32. The molecule has 0 fully saturated rings. The van der Waals surface area contributed by atoms with Crippen LogP contribution in [0.2, 0.25) is 0 Å². The molecule has 1 rings (SSSR count). The van der Waals surface area contributed by atoms with E-state index in [9.17, 15) is 0 Å². The summed E-state index contributed by atoms with van der Waals surface area (Å²) in [7, 11) is 0. The van der Waals surface area contributed by atoms with E-state index in [1.165, 1.54) is 0 Å². The lowest BCUT2D eigenvalue weighted by atomic mass is 10.2. The van der Waals surface area contributed by atoms with Gasteiger partial charge in [-0.05, 0) is 54.9 Å². The number of anilines is 1. The van der Waals surface area contributed by atoms with Gasteiger partial charge in [-0.3, -0.25) is 0 Å². The number of hydrogen-bond donors (Lipinski definition) is 1. The van der Waals surface area contributed by atoms with Gasteiger partial charge < -0.3 is 10.1 Å². The molecule has 0 aliphatic rings. The van der Waals surface area contributed by atoms with Gasteiger partial charge in [0.05, 0.1) is 12.2 Å². The highest BCUT2D eigenvalue weighted by molar-refractivity contribution is 9.11. The maximum Gasteiger partial charge on any atom is 0.0646 e. The smallest absolute Gasteiger partial charge is 0.0646 e. The van der Waals surface area contributed by atoms with Gasteiger partial charge in [0.1, 0.15) is 0 Å². The van der Waals surface area contributed by atoms with E-state index in [1.54, 1.807) is 0 Å². The van der Waals surface area contributed by atoms with Crippen LogP contribution in [0.15, 0.2) is 27.1 Å². The van der Waals surface area contributed by atoms with E-state index >= 15 is 0 Å². The van der Waals surface area contributed by atoms with E-state index in [1.807, 2.05) is 18.2 Å². The third-order valence-electron chi connectivity index (χ3n) is 1.88. The van der Waals surface area contributed by atoms with Crippen LogP contribution in [0.25, 0.3) is 0 Å². The molecule has 16 heavy (non-hydrogen) atoms. The molecule has 0 bridgehead atoms. The Morgan fingerprint density at radius 1 is 1.25 bits per heavy atom. The van der Waals surface area contributed by atoms with Crippen molar-refractivity contribution in [3.8, 4) is 0 Å². The Bertz CT molecular complexity index is 347. The molecular formula is C12H17Br2NO. The Kier molecular flexibility index (Phi) is 5.28. The van der Waals surface area contributed by atoms with Crippen LogP contribution < -0.4 is 5.32 Å². The van der Waals surface area contributed by atoms with Crippen molar-refractivity contribution in [3.05, 3.63) is 27.1 Å². The minimum atomic E-state index is -0.0732. The zero-order valence-electron chi connectivity index (χ0n) is 9.81. The van der Waals surface area contributed by atoms with Gasteiger partial charge in [0.15, 0.2) is 0 Å². The second-order valence-corrected chi connectivity index (χ2v) is 6.28. The first kappa shape index (κ1) is 14.0. The van der Waals surface area contributed by atoms with Gasteiger partial charge in [0, 0.05) is 21.2 Å². The van der Waals surface area contributed by atoms with Crippen molar-refractivity contribution in [2.24, 2.45) is 0 Å². The van der Waals surface area contributed by atoms with Crippen molar-refractivity contribution < 1.29 is 4.74 Å². The van der Waals surface area contributed by atoms with Gasteiger partial charge in [-0.15, -0.1) is 0 Å². The lowest BCUT2D eigenvalue weighted by molar-refractivity contribution is 0.00333. The molecule has 0 amide bonds. The highest BCUT2D eigenvalue weighted by Gasteiger charge is 2.09. The largest absolute Gasteiger partial charge is 0.382 e. The van der Waals surface area contributed by atoms with Crippen molar-refractivity contribution in [1.82, 2.24) is 0 Å². The fourth-order valence-electron chi connectivity index (χ4n) is 1.18. The van der Waals surface area contributed by atoms with Crippen molar-refractivity contribution >= 4 is 37.5 Å². The Balaban J connectivity index is 2.40. The summed E-state index contributed by atoms with van der Waals surface area (Å²) >= 11 is 6.94. The summed E-state index contributed by atoms with van der Waals surface area (Å²) in [5.74, 6) is 0. The van der Waals surface area contributed by atoms with Crippen LogP contribution in [0, 0.1) is 0 Å². The molecule has 0 aliphatic carbocycles. The molecule has 0 atom stereocenters. The fraction of sp³-hybridized carbons (Fsp3) is 0.500. The molecule has 0 unspecified atom stereocenters. The van der Waals surface area contributed by atoms with Gasteiger partial charge in [0.25, 0.3) is 0 Å². The Morgan fingerprint density at radius 2 is 1.94 bits per heavy atom. The maximum absolute atomic E-state index is 5.63. The molecule has 0 radical (unpaired) electrons. The van der Waals surface area contributed by atoms with Crippen LogP contribution in [-0.2, 0) is 4.74 Å². The molecule has 0 aliphatic heterocycles. The summed E-state index contributed by atoms with van der Waals surface area (Å²) in [6, 6.07) is 6.05. The number of hydrogen-bond acceptors (Lipinski definition) is 2. The van der Waals surface area contributed by atoms with E-state index in [0.717, 1.165) is 21.2 Å². The van der Waals surface area contributed by atoms with Crippen LogP contribution in [0.1, 0.15) is 20.8 Å². The van der Waals surface area contributed by atoms with Crippen molar-refractivity contribution in [3.63, 3.8) is 0 Å². The van der Waals surface area contributed by atoms with Crippen LogP contribution in [0.5, 0.6) is 0 Å². The van der Waals surface area contributed by atoms with Crippen LogP contribution >= 0.6 is 31.9 Å². The van der Waals surface area contributed by atoms with Gasteiger partial charge >= 0.3 is 0 Å². The maximum atomic E-state index is 5.63. The zero-order chi connectivity index (χ0) is 12.2. The van der Waals surface area contributed by atoms with E-state index in [2.05, 4.69) is 57.9 Å². The minimum Gasteiger partial charge on any atom is -0.382 e. The van der Waals surface area contributed by atoms with Gasteiger partial charge in [-0.2, -0.15) is 0 Å². The SMILES string of the molecule is CC(C)(C)OCCNc1cc(Br)ccc1Br. The molecule has 0 aromatic heterocycles. The zero-order valence-corrected chi connectivity index (χ0v) is 13.0. The molecule has 4 heteroatoms. The predicted octanol–water partition coefficient (Wildman–Crippen LogP) is 4.44. The normalized spacial score (nSPS) is 11.6. The molecule has 0 saturated heterocycles. The summed E-state index contributed by atoms with van der Waals surface area (Å²) in [4.78, 5) is 0. The van der Waals surface area contributed by atoms with Crippen LogP contribution in [-0.4, -0.2) is 18.8 Å². The highest BCUT2D eigenvalue weighted by atomic mass is 79.9. The van der Waals surface area contributed by atoms with Crippen molar-refractivity contribution in [2.75, 3.05) is 18.5 Å². The molecule has 90 valence electrons. The van der Waals surface area contributed by atoms with E-state index in [4.69, 9.17) is 4.74 Å². The quantitative estimate of drug-likeness (QED) is 0.810. The molecule has 1 N–H and O–H groups in total. The van der Waals surface area contributed by atoms with Gasteiger partial charge in [-0.1, -0.05) is 15.9 Å². The number of rotatable bonds is 4. The van der Waals surface area contributed by atoms with Crippen molar-refractivity contribution in [2.45, 2.75) is 26.4 Å². The number of benzene rings is 1. The average molecular weight is 351 g/mol. The average Bonchev–Trinajstić information content (AvgIpc) is 2.16. The number of halogens is 2. The Labute approximate surface area is 114 Å². The third kappa shape index (κ3) is 5.32. The van der Waals surface area contributed by atoms with Crippen LogP contribution in [0.4, 0.5) is 5.69 Å². The monoisotopic (exact) mass is 349 g/mol. The fourth-order valence-corrected chi connectivity index (χ4v) is 1.92. The Hall–Kier alpha value is -0.0600. The van der Waals surface area contributed by atoms with Gasteiger partial charge in [-0.25, -0.2) is 0 Å². The molecule has 0 saturated carbocycles. The number of ether oxygens (including phenoxy) is 1. The molecule has 1 aromatic rings. The first-order valence-corrected chi connectivity index (χ1v) is 6.80. The molecule has 0 heterocycles.